The van der Waals surface area contributed by atoms with Gasteiger partial charge in [-0.2, -0.15) is 9.90 Å². The third kappa shape index (κ3) is 3.12. The van der Waals surface area contributed by atoms with E-state index in [9.17, 15) is 4.79 Å². The topological polar surface area (TPSA) is 69.0 Å². The van der Waals surface area contributed by atoms with Gasteiger partial charge in [0.2, 0.25) is 0 Å². The Morgan fingerprint density at radius 1 is 1.12 bits per heavy atom. The molecule has 24 heavy (non-hydrogen) atoms. The van der Waals surface area contributed by atoms with Gasteiger partial charge in [0.15, 0.2) is 5.69 Å². The predicted octanol–water partition coefficient (Wildman–Crippen LogP) is 3.15. The van der Waals surface area contributed by atoms with E-state index in [1.54, 1.807) is 7.11 Å². The number of ether oxygens (including phenoxy) is 1. The third-order valence-corrected chi connectivity index (χ3v) is 3.70. The monoisotopic (exact) mass is 322 g/mol. The van der Waals surface area contributed by atoms with Gasteiger partial charge in [-0.25, -0.2) is 0 Å². The van der Waals surface area contributed by atoms with Crippen LogP contribution in [-0.4, -0.2) is 28.0 Å². The van der Waals surface area contributed by atoms with E-state index in [0.717, 1.165) is 22.6 Å². The number of hydrogen-bond acceptors (Lipinski definition) is 4. The molecule has 1 amide bonds. The Morgan fingerprint density at radius 3 is 2.58 bits per heavy atom. The Labute approximate surface area is 140 Å². The number of carbonyl (C=O) groups excluding carboxylic acids is 1. The van der Waals surface area contributed by atoms with E-state index in [1.807, 2.05) is 56.3 Å². The molecule has 0 spiro atoms. The molecule has 0 aliphatic rings. The van der Waals surface area contributed by atoms with Gasteiger partial charge in [-0.3, -0.25) is 4.79 Å². The number of aryl methyl sites for hydroxylation is 2. The lowest BCUT2D eigenvalue weighted by atomic mass is 10.1. The third-order valence-electron chi connectivity index (χ3n) is 3.70. The van der Waals surface area contributed by atoms with Gasteiger partial charge in [0.1, 0.15) is 5.75 Å². The lowest BCUT2D eigenvalue weighted by molar-refractivity contribution is 0.102. The van der Waals surface area contributed by atoms with Crippen molar-refractivity contribution in [2.75, 3.05) is 12.4 Å². The van der Waals surface area contributed by atoms with Crippen LogP contribution >= 0.6 is 0 Å². The van der Waals surface area contributed by atoms with Gasteiger partial charge in [0.25, 0.3) is 5.91 Å². The maximum Gasteiger partial charge on any atom is 0.277 e. The normalized spacial score (nSPS) is 10.5. The molecule has 0 saturated heterocycles. The number of nitrogens with one attached hydrogen (secondary N) is 1. The molecule has 6 nitrogen and oxygen atoms in total. The molecule has 0 bridgehead atoms. The lowest BCUT2D eigenvalue weighted by Crippen LogP contribution is -2.14. The van der Waals surface area contributed by atoms with E-state index in [2.05, 4.69) is 15.5 Å². The second-order valence-corrected chi connectivity index (χ2v) is 5.45. The Balaban J connectivity index is 1.82. The average Bonchev–Trinajstić information content (AvgIpc) is 3.08. The Kier molecular flexibility index (Phi) is 4.29. The highest BCUT2D eigenvalue weighted by molar-refractivity contribution is 6.03. The number of hydrogen-bond donors (Lipinski definition) is 1. The summed E-state index contributed by atoms with van der Waals surface area (Å²) in [6.45, 7) is 3.89. The van der Waals surface area contributed by atoms with Crippen molar-refractivity contribution in [3.05, 3.63) is 65.5 Å². The van der Waals surface area contributed by atoms with Gasteiger partial charge >= 0.3 is 0 Å². The van der Waals surface area contributed by atoms with E-state index in [4.69, 9.17) is 4.74 Å². The van der Waals surface area contributed by atoms with Crippen LogP contribution in [0.3, 0.4) is 0 Å². The van der Waals surface area contributed by atoms with E-state index >= 15 is 0 Å². The summed E-state index contributed by atoms with van der Waals surface area (Å²) in [6, 6.07) is 13.2. The molecule has 1 heterocycles. The number of methoxy groups -OCH3 is 1. The number of anilines is 1. The molecule has 0 radical (unpaired) electrons. The molecule has 3 aromatic rings. The van der Waals surface area contributed by atoms with Crippen molar-refractivity contribution >= 4 is 11.6 Å². The van der Waals surface area contributed by atoms with E-state index in [1.165, 1.54) is 11.0 Å². The highest BCUT2D eigenvalue weighted by atomic mass is 16.5. The minimum Gasteiger partial charge on any atom is -0.496 e. The maximum absolute atomic E-state index is 12.4. The molecule has 6 heteroatoms. The fourth-order valence-corrected chi connectivity index (χ4v) is 2.43. The van der Waals surface area contributed by atoms with Gasteiger partial charge < -0.3 is 10.1 Å². The van der Waals surface area contributed by atoms with Crippen LogP contribution in [0, 0.1) is 13.8 Å². The minimum absolute atomic E-state index is 0.248. The smallest absolute Gasteiger partial charge is 0.277 e. The standard InChI is InChI=1S/C18H18N4O2/c1-12-9-13(2)17(24-3)10-15(12)20-18(23)16-11-19-22(21-16)14-7-5-4-6-8-14/h4-11H,1-3H3,(H,20,23). The van der Waals surface area contributed by atoms with Crippen LogP contribution in [0.4, 0.5) is 5.69 Å². The van der Waals surface area contributed by atoms with Crippen molar-refractivity contribution in [1.29, 1.82) is 0 Å². The van der Waals surface area contributed by atoms with Gasteiger partial charge in [0.05, 0.1) is 19.0 Å². The first kappa shape index (κ1) is 15.7. The van der Waals surface area contributed by atoms with Crippen molar-refractivity contribution < 1.29 is 9.53 Å². The van der Waals surface area contributed by atoms with Crippen LogP contribution in [0.25, 0.3) is 5.69 Å². The van der Waals surface area contributed by atoms with Crippen LogP contribution in [0.5, 0.6) is 5.75 Å². The molecule has 2 aromatic carbocycles. The molecule has 0 saturated carbocycles. The molecule has 0 aliphatic heterocycles. The molecule has 1 N–H and O–H groups in total. The molecule has 1 aromatic heterocycles. The van der Waals surface area contributed by atoms with Crippen LogP contribution in [0.15, 0.2) is 48.7 Å². The first-order valence-electron chi connectivity index (χ1n) is 7.53. The largest absolute Gasteiger partial charge is 0.496 e. The number of aromatic nitrogens is 3. The second-order valence-electron chi connectivity index (χ2n) is 5.45. The summed E-state index contributed by atoms with van der Waals surface area (Å²) in [5, 5.41) is 11.2. The van der Waals surface area contributed by atoms with E-state index in [0.29, 0.717) is 5.69 Å². The molecule has 122 valence electrons. The lowest BCUT2D eigenvalue weighted by Gasteiger charge is -2.11. The van der Waals surface area contributed by atoms with Crippen LogP contribution in [0.2, 0.25) is 0 Å². The highest BCUT2D eigenvalue weighted by Gasteiger charge is 2.14. The van der Waals surface area contributed by atoms with Crippen LogP contribution in [-0.2, 0) is 0 Å². The fourth-order valence-electron chi connectivity index (χ4n) is 2.43. The maximum atomic E-state index is 12.4. The molecule has 3 rings (SSSR count). The summed E-state index contributed by atoms with van der Waals surface area (Å²) in [5.74, 6) is 0.412. The number of nitrogens with zero attached hydrogens (tertiary/aromatic N) is 3. The van der Waals surface area contributed by atoms with Crippen molar-refractivity contribution in [2.45, 2.75) is 13.8 Å². The van der Waals surface area contributed by atoms with E-state index in [-0.39, 0.29) is 11.6 Å². The van der Waals surface area contributed by atoms with Gasteiger partial charge in [-0.1, -0.05) is 24.3 Å². The Morgan fingerprint density at radius 2 is 1.88 bits per heavy atom. The zero-order valence-electron chi connectivity index (χ0n) is 13.8. The summed E-state index contributed by atoms with van der Waals surface area (Å²) < 4.78 is 5.31. The Hall–Kier alpha value is -3.15. The fraction of sp³-hybridized carbons (Fsp3) is 0.167. The SMILES string of the molecule is COc1cc(NC(=O)c2cnn(-c3ccccc3)n2)c(C)cc1C. The zero-order valence-corrected chi connectivity index (χ0v) is 13.8. The molecule has 0 fully saturated rings. The highest BCUT2D eigenvalue weighted by Crippen LogP contribution is 2.26. The number of carbonyl (C=O) groups is 1. The first-order chi connectivity index (χ1) is 11.6. The molecule has 0 unspecified atom stereocenters. The zero-order chi connectivity index (χ0) is 17.1. The van der Waals surface area contributed by atoms with Crippen molar-refractivity contribution in [3.63, 3.8) is 0 Å². The summed E-state index contributed by atoms with van der Waals surface area (Å²) in [4.78, 5) is 13.9. The predicted molar refractivity (Wildman–Crippen MR) is 91.8 cm³/mol. The molecule has 0 atom stereocenters. The van der Waals surface area contributed by atoms with Gasteiger partial charge in [-0.05, 0) is 37.1 Å². The minimum atomic E-state index is -0.314. The summed E-state index contributed by atoms with van der Waals surface area (Å²) in [5.41, 5.74) is 3.71. The molecular weight excluding hydrogens is 304 g/mol. The summed E-state index contributed by atoms with van der Waals surface area (Å²) in [6.07, 6.45) is 1.45. The molecule has 0 aliphatic carbocycles. The summed E-state index contributed by atoms with van der Waals surface area (Å²) >= 11 is 0. The first-order valence-corrected chi connectivity index (χ1v) is 7.53. The van der Waals surface area contributed by atoms with Crippen LogP contribution in [0.1, 0.15) is 21.6 Å². The Bertz CT molecular complexity index is 872. The van der Waals surface area contributed by atoms with Crippen LogP contribution < -0.4 is 10.1 Å². The summed E-state index contributed by atoms with van der Waals surface area (Å²) in [7, 11) is 1.61. The number of para-hydroxylation sites is 1. The average molecular weight is 322 g/mol. The second kappa shape index (κ2) is 6.54. The quantitative estimate of drug-likeness (QED) is 0.801. The van der Waals surface area contributed by atoms with Crippen molar-refractivity contribution in [3.8, 4) is 11.4 Å². The van der Waals surface area contributed by atoms with Gasteiger partial charge in [-0.15, -0.1) is 5.10 Å². The number of amides is 1. The van der Waals surface area contributed by atoms with Gasteiger partial charge in [0, 0.05) is 11.8 Å². The molecular formula is C18H18N4O2. The number of rotatable bonds is 4. The number of benzene rings is 2. The van der Waals surface area contributed by atoms with Crippen molar-refractivity contribution in [2.24, 2.45) is 0 Å². The van der Waals surface area contributed by atoms with E-state index < -0.39 is 0 Å². The van der Waals surface area contributed by atoms with Crippen molar-refractivity contribution in [1.82, 2.24) is 15.0 Å².